The number of nitrogens with zero attached hydrogens (tertiary/aromatic N) is 4. The summed E-state index contributed by atoms with van der Waals surface area (Å²) in [5, 5.41) is 4.15. The Kier molecular flexibility index (Phi) is 1.81. The molecular weight excluding hydrogens is 164 g/mol. The van der Waals surface area contributed by atoms with E-state index in [9.17, 15) is 0 Å². The lowest BCUT2D eigenvalue weighted by atomic mass is 10.4. The highest BCUT2D eigenvalue weighted by Crippen LogP contribution is 2.04. The van der Waals surface area contributed by atoms with Crippen LogP contribution in [0.2, 0.25) is 0 Å². The lowest BCUT2D eigenvalue weighted by Gasteiger charge is -1.98. The minimum absolute atomic E-state index is 0.771. The predicted octanol–water partition coefficient (Wildman–Crippen LogP) is 1.28. The second-order valence-corrected chi connectivity index (χ2v) is 2.95. The first-order chi connectivity index (χ1) is 6.25. The largest absolute Gasteiger partial charge is 0.239 e. The van der Waals surface area contributed by atoms with E-state index in [-0.39, 0.29) is 0 Å². The molecule has 2 heterocycles. The van der Waals surface area contributed by atoms with E-state index in [2.05, 4.69) is 15.1 Å². The van der Waals surface area contributed by atoms with Crippen molar-refractivity contribution in [1.29, 1.82) is 0 Å². The van der Waals surface area contributed by atoms with Crippen LogP contribution in [0.25, 0.3) is 5.69 Å². The van der Waals surface area contributed by atoms with E-state index >= 15 is 0 Å². The molecule has 2 rings (SSSR count). The highest BCUT2D eigenvalue weighted by atomic mass is 15.3. The third kappa shape index (κ3) is 1.56. The van der Waals surface area contributed by atoms with Crippen molar-refractivity contribution in [2.24, 2.45) is 0 Å². The second-order valence-electron chi connectivity index (χ2n) is 2.95. The molecule has 2 aromatic heterocycles. The summed E-state index contributed by atoms with van der Waals surface area (Å²) < 4.78 is 1.76. The Labute approximate surface area is 76.3 Å². The third-order valence-electron chi connectivity index (χ3n) is 1.74. The molecule has 4 heteroatoms. The number of aromatic nitrogens is 4. The molecule has 4 nitrogen and oxygen atoms in total. The average Bonchev–Trinajstić information content (AvgIpc) is 2.53. The summed E-state index contributed by atoms with van der Waals surface area (Å²) in [5.41, 5.74) is 2.01. The van der Waals surface area contributed by atoms with Crippen LogP contribution in [0.4, 0.5) is 0 Å². The minimum Gasteiger partial charge on any atom is -0.239 e. The van der Waals surface area contributed by atoms with E-state index in [0.717, 1.165) is 17.1 Å². The van der Waals surface area contributed by atoms with Gasteiger partial charge in [-0.1, -0.05) is 0 Å². The summed E-state index contributed by atoms with van der Waals surface area (Å²) >= 11 is 0. The van der Waals surface area contributed by atoms with Gasteiger partial charge in [0.25, 0.3) is 0 Å². The van der Waals surface area contributed by atoms with Crippen molar-refractivity contribution in [2.45, 2.75) is 13.8 Å². The lowest BCUT2D eigenvalue weighted by Crippen LogP contribution is -1.97. The van der Waals surface area contributed by atoms with Crippen LogP contribution < -0.4 is 0 Å². The highest BCUT2D eigenvalue weighted by molar-refractivity contribution is 5.24. The van der Waals surface area contributed by atoms with Gasteiger partial charge in [0, 0.05) is 6.20 Å². The van der Waals surface area contributed by atoms with Crippen molar-refractivity contribution in [3.05, 3.63) is 36.2 Å². The van der Waals surface area contributed by atoms with Crippen LogP contribution in [0.15, 0.2) is 24.8 Å². The summed E-state index contributed by atoms with van der Waals surface area (Å²) in [6.45, 7) is 3.86. The van der Waals surface area contributed by atoms with Crippen LogP contribution in [-0.4, -0.2) is 19.7 Å². The predicted molar refractivity (Wildman–Crippen MR) is 48.6 cm³/mol. The standard InChI is InChI=1S/C9H10N4/c1-7-3-12-13(6-7)9-4-10-8(2)11-5-9/h3-6H,1-2H3. The van der Waals surface area contributed by atoms with Crippen LogP contribution in [0.3, 0.4) is 0 Å². The van der Waals surface area contributed by atoms with Gasteiger partial charge in [0.05, 0.1) is 18.6 Å². The molecular formula is C9H10N4. The minimum atomic E-state index is 0.771. The van der Waals surface area contributed by atoms with Crippen LogP contribution in [0.1, 0.15) is 11.4 Å². The van der Waals surface area contributed by atoms with Gasteiger partial charge in [-0.2, -0.15) is 5.10 Å². The summed E-state index contributed by atoms with van der Waals surface area (Å²) in [4.78, 5) is 8.19. The Balaban J connectivity index is 2.41. The van der Waals surface area contributed by atoms with Crippen molar-refractivity contribution in [3.8, 4) is 5.69 Å². The molecule has 0 fully saturated rings. The molecule has 0 saturated carbocycles. The van der Waals surface area contributed by atoms with Crippen LogP contribution >= 0.6 is 0 Å². The van der Waals surface area contributed by atoms with E-state index < -0.39 is 0 Å². The second kappa shape index (κ2) is 2.97. The quantitative estimate of drug-likeness (QED) is 0.654. The molecule has 0 amide bonds. The zero-order valence-corrected chi connectivity index (χ0v) is 7.60. The van der Waals surface area contributed by atoms with Gasteiger partial charge in [-0.25, -0.2) is 14.6 Å². The van der Waals surface area contributed by atoms with Crippen molar-refractivity contribution >= 4 is 0 Å². The Morgan fingerprint density at radius 2 is 1.77 bits per heavy atom. The molecule has 2 aromatic rings. The van der Waals surface area contributed by atoms with Gasteiger partial charge < -0.3 is 0 Å². The Morgan fingerprint density at radius 3 is 2.31 bits per heavy atom. The van der Waals surface area contributed by atoms with Gasteiger partial charge in [0.15, 0.2) is 0 Å². The molecule has 0 spiro atoms. The van der Waals surface area contributed by atoms with E-state index in [1.807, 2.05) is 20.0 Å². The van der Waals surface area contributed by atoms with E-state index in [1.54, 1.807) is 23.3 Å². The number of hydrogen-bond donors (Lipinski definition) is 0. The van der Waals surface area contributed by atoms with Crippen molar-refractivity contribution in [1.82, 2.24) is 19.7 Å². The number of aryl methyl sites for hydroxylation is 2. The first-order valence-electron chi connectivity index (χ1n) is 4.06. The molecule has 0 atom stereocenters. The Morgan fingerprint density at radius 1 is 1.08 bits per heavy atom. The van der Waals surface area contributed by atoms with Gasteiger partial charge in [0.1, 0.15) is 11.5 Å². The smallest absolute Gasteiger partial charge is 0.125 e. The molecule has 0 N–H and O–H groups in total. The van der Waals surface area contributed by atoms with Crippen LogP contribution in [0, 0.1) is 13.8 Å². The molecule has 0 saturated heterocycles. The number of hydrogen-bond acceptors (Lipinski definition) is 3. The fourth-order valence-corrected chi connectivity index (χ4v) is 1.06. The summed E-state index contributed by atoms with van der Waals surface area (Å²) in [5.74, 6) is 0.771. The first kappa shape index (κ1) is 7.91. The van der Waals surface area contributed by atoms with Crippen LogP contribution in [-0.2, 0) is 0 Å². The first-order valence-corrected chi connectivity index (χ1v) is 4.06. The summed E-state index contributed by atoms with van der Waals surface area (Å²) in [6.07, 6.45) is 7.26. The van der Waals surface area contributed by atoms with Gasteiger partial charge in [0.2, 0.25) is 0 Å². The van der Waals surface area contributed by atoms with Gasteiger partial charge in [-0.05, 0) is 19.4 Å². The monoisotopic (exact) mass is 174 g/mol. The van der Waals surface area contributed by atoms with E-state index in [0.29, 0.717) is 0 Å². The summed E-state index contributed by atoms with van der Waals surface area (Å²) in [6, 6.07) is 0. The topological polar surface area (TPSA) is 43.6 Å². The molecule has 0 bridgehead atoms. The van der Waals surface area contributed by atoms with Crippen molar-refractivity contribution in [2.75, 3.05) is 0 Å². The lowest BCUT2D eigenvalue weighted by molar-refractivity contribution is 0.856. The Hall–Kier alpha value is -1.71. The van der Waals surface area contributed by atoms with E-state index in [4.69, 9.17) is 0 Å². The maximum atomic E-state index is 4.15. The SMILES string of the molecule is Cc1cnn(-c2cnc(C)nc2)c1. The third-order valence-corrected chi connectivity index (χ3v) is 1.74. The maximum absolute atomic E-state index is 4.15. The Bertz CT molecular complexity index is 402. The zero-order valence-electron chi connectivity index (χ0n) is 7.60. The highest BCUT2D eigenvalue weighted by Gasteiger charge is 1.97. The summed E-state index contributed by atoms with van der Waals surface area (Å²) in [7, 11) is 0. The normalized spacial score (nSPS) is 10.3. The molecule has 0 radical (unpaired) electrons. The average molecular weight is 174 g/mol. The molecule has 0 aliphatic rings. The fourth-order valence-electron chi connectivity index (χ4n) is 1.06. The molecule has 0 aliphatic heterocycles. The van der Waals surface area contributed by atoms with Crippen molar-refractivity contribution in [3.63, 3.8) is 0 Å². The molecule has 0 aliphatic carbocycles. The zero-order chi connectivity index (χ0) is 9.26. The van der Waals surface area contributed by atoms with Gasteiger partial charge in [-0.15, -0.1) is 0 Å². The van der Waals surface area contributed by atoms with Gasteiger partial charge in [-0.3, -0.25) is 0 Å². The van der Waals surface area contributed by atoms with Gasteiger partial charge >= 0.3 is 0 Å². The maximum Gasteiger partial charge on any atom is 0.125 e. The molecule has 0 aromatic carbocycles. The molecule has 13 heavy (non-hydrogen) atoms. The fraction of sp³-hybridized carbons (Fsp3) is 0.222. The number of rotatable bonds is 1. The molecule has 0 unspecified atom stereocenters. The van der Waals surface area contributed by atoms with E-state index in [1.165, 1.54) is 0 Å². The van der Waals surface area contributed by atoms with Crippen molar-refractivity contribution < 1.29 is 0 Å². The van der Waals surface area contributed by atoms with Crippen LogP contribution in [0.5, 0.6) is 0 Å². The molecule has 66 valence electrons.